The highest BCUT2D eigenvalue weighted by Gasteiger charge is 2.25. The van der Waals surface area contributed by atoms with E-state index in [2.05, 4.69) is 22.2 Å². The Balaban J connectivity index is 1.89. The van der Waals surface area contributed by atoms with Gasteiger partial charge >= 0.3 is 0 Å². The van der Waals surface area contributed by atoms with E-state index in [9.17, 15) is 10.1 Å². The topological polar surface area (TPSA) is 97.3 Å². The molecule has 0 amide bonds. The molecule has 7 nitrogen and oxygen atoms in total. The van der Waals surface area contributed by atoms with Gasteiger partial charge in [-0.25, -0.2) is 4.98 Å². The Hall–Kier alpha value is -1.89. The van der Waals surface area contributed by atoms with E-state index in [0.717, 1.165) is 6.54 Å². The van der Waals surface area contributed by atoms with Crippen molar-refractivity contribution < 1.29 is 4.92 Å². The Labute approximate surface area is 105 Å². The largest absolute Gasteiger partial charge is 0.383 e. The fourth-order valence-electron chi connectivity index (χ4n) is 1.79. The van der Waals surface area contributed by atoms with E-state index in [4.69, 9.17) is 5.73 Å². The van der Waals surface area contributed by atoms with Crippen LogP contribution in [0.4, 0.5) is 17.3 Å². The first-order valence-corrected chi connectivity index (χ1v) is 5.92. The Kier molecular flexibility index (Phi) is 3.61. The molecule has 1 aliphatic carbocycles. The first kappa shape index (κ1) is 12.6. The van der Waals surface area contributed by atoms with Crippen LogP contribution in [0.2, 0.25) is 0 Å². The molecule has 0 unspecified atom stereocenters. The molecule has 18 heavy (non-hydrogen) atoms. The average molecular weight is 251 g/mol. The van der Waals surface area contributed by atoms with E-state index < -0.39 is 4.92 Å². The maximum absolute atomic E-state index is 10.7. The number of hydrogen-bond donors (Lipinski definition) is 2. The lowest BCUT2D eigenvalue weighted by Gasteiger charge is -2.15. The molecule has 0 aromatic carbocycles. The maximum atomic E-state index is 10.7. The number of nitrogens with two attached hydrogens (primary N) is 1. The number of nitrogen functional groups attached to an aromatic ring is 1. The number of hydrogen-bond acceptors (Lipinski definition) is 6. The molecule has 98 valence electrons. The van der Waals surface area contributed by atoms with Crippen molar-refractivity contribution in [2.75, 3.05) is 31.2 Å². The number of nitro groups is 1. The van der Waals surface area contributed by atoms with Crippen molar-refractivity contribution in [2.24, 2.45) is 0 Å². The van der Waals surface area contributed by atoms with Gasteiger partial charge in [0.05, 0.1) is 17.1 Å². The summed E-state index contributed by atoms with van der Waals surface area (Å²) >= 11 is 0. The monoisotopic (exact) mass is 251 g/mol. The second-order valence-corrected chi connectivity index (χ2v) is 4.53. The Morgan fingerprint density at radius 1 is 1.61 bits per heavy atom. The third-order valence-electron chi connectivity index (χ3n) is 2.98. The van der Waals surface area contributed by atoms with Crippen LogP contribution in [0.3, 0.4) is 0 Å². The lowest BCUT2D eigenvalue weighted by molar-refractivity contribution is -0.384. The number of nitrogens with one attached hydrogen (secondary N) is 1. The quantitative estimate of drug-likeness (QED) is 0.580. The number of aromatic nitrogens is 1. The number of pyridine rings is 1. The van der Waals surface area contributed by atoms with Gasteiger partial charge in [0.2, 0.25) is 0 Å². The van der Waals surface area contributed by atoms with Crippen molar-refractivity contribution in [1.29, 1.82) is 0 Å². The minimum absolute atomic E-state index is 0.0412. The van der Waals surface area contributed by atoms with Gasteiger partial charge in [0.1, 0.15) is 11.6 Å². The molecule has 1 aromatic heterocycles. The van der Waals surface area contributed by atoms with E-state index >= 15 is 0 Å². The molecule has 1 saturated carbocycles. The van der Waals surface area contributed by atoms with E-state index in [1.54, 1.807) is 0 Å². The van der Waals surface area contributed by atoms with Crippen LogP contribution in [0.25, 0.3) is 0 Å². The minimum Gasteiger partial charge on any atom is -0.383 e. The number of anilines is 2. The molecule has 0 bridgehead atoms. The third-order valence-corrected chi connectivity index (χ3v) is 2.98. The summed E-state index contributed by atoms with van der Waals surface area (Å²) in [5.74, 6) is 0.605. The standard InChI is InChI=1S/C11H17N5O2/c1-15(8-2-3-8)5-4-13-11-7-9(16(17)18)6-10(12)14-11/h6-8H,2-5H2,1H3,(H3,12,13,14). The normalized spacial score (nSPS) is 14.8. The highest BCUT2D eigenvalue weighted by atomic mass is 16.6. The molecule has 0 spiro atoms. The van der Waals surface area contributed by atoms with Crippen LogP contribution in [-0.4, -0.2) is 41.0 Å². The zero-order valence-corrected chi connectivity index (χ0v) is 10.3. The molecule has 1 heterocycles. The molecule has 0 radical (unpaired) electrons. The van der Waals surface area contributed by atoms with E-state index in [1.165, 1.54) is 25.0 Å². The predicted octanol–water partition coefficient (Wildman–Crippen LogP) is 1.08. The van der Waals surface area contributed by atoms with Crippen LogP contribution in [0.15, 0.2) is 12.1 Å². The summed E-state index contributed by atoms with van der Waals surface area (Å²) < 4.78 is 0. The lowest BCUT2D eigenvalue weighted by atomic mass is 10.3. The zero-order valence-electron chi connectivity index (χ0n) is 10.3. The molecule has 2 rings (SSSR count). The third kappa shape index (κ3) is 3.30. The van der Waals surface area contributed by atoms with Gasteiger partial charge in [-0.2, -0.15) is 0 Å². The Morgan fingerprint density at radius 2 is 2.33 bits per heavy atom. The minimum atomic E-state index is -0.473. The summed E-state index contributed by atoms with van der Waals surface area (Å²) in [5, 5.41) is 13.7. The fraction of sp³-hybridized carbons (Fsp3) is 0.545. The lowest BCUT2D eigenvalue weighted by Crippen LogP contribution is -2.27. The van der Waals surface area contributed by atoms with E-state index in [0.29, 0.717) is 18.4 Å². The van der Waals surface area contributed by atoms with Crippen molar-refractivity contribution in [2.45, 2.75) is 18.9 Å². The van der Waals surface area contributed by atoms with Gasteiger partial charge in [-0.3, -0.25) is 10.1 Å². The van der Waals surface area contributed by atoms with Crippen LogP contribution < -0.4 is 11.1 Å². The molecule has 0 aliphatic heterocycles. The summed E-state index contributed by atoms with van der Waals surface area (Å²) in [6.45, 7) is 1.58. The molecular weight excluding hydrogens is 234 g/mol. The molecule has 7 heteroatoms. The van der Waals surface area contributed by atoms with E-state index in [-0.39, 0.29) is 11.5 Å². The maximum Gasteiger partial charge on any atom is 0.276 e. The molecule has 1 aliphatic rings. The van der Waals surface area contributed by atoms with Crippen molar-refractivity contribution in [3.05, 3.63) is 22.2 Å². The van der Waals surface area contributed by atoms with Crippen LogP contribution in [-0.2, 0) is 0 Å². The number of nitrogens with zero attached hydrogens (tertiary/aromatic N) is 3. The Morgan fingerprint density at radius 3 is 2.94 bits per heavy atom. The predicted molar refractivity (Wildman–Crippen MR) is 69.4 cm³/mol. The zero-order chi connectivity index (χ0) is 13.1. The van der Waals surface area contributed by atoms with Gasteiger partial charge < -0.3 is 16.0 Å². The summed E-state index contributed by atoms with van der Waals surface area (Å²) in [7, 11) is 2.08. The SMILES string of the molecule is CN(CCNc1cc([N+](=O)[O-])cc(N)n1)C1CC1. The Bertz CT molecular complexity index is 447. The highest BCUT2D eigenvalue weighted by Crippen LogP contribution is 2.25. The molecule has 3 N–H and O–H groups in total. The highest BCUT2D eigenvalue weighted by molar-refractivity contribution is 5.52. The van der Waals surface area contributed by atoms with Gasteiger partial charge in [0.15, 0.2) is 0 Å². The van der Waals surface area contributed by atoms with Crippen LogP contribution in [0.5, 0.6) is 0 Å². The van der Waals surface area contributed by atoms with Crippen molar-refractivity contribution in [3.8, 4) is 0 Å². The first-order valence-electron chi connectivity index (χ1n) is 5.92. The number of likely N-dealkylation sites (N-methyl/N-ethyl adjacent to an activating group) is 1. The van der Waals surface area contributed by atoms with Crippen molar-refractivity contribution >= 4 is 17.3 Å². The summed E-state index contributed by atoms with van der Waals surface area (Å²) in [5.41, 5.74) is 5.48. The summed E-state index contributed by atoms with van der Waals surface area (Å²) in [6.07, 6.45) is 2.52. The fourth-order valence-corrected chi connectivity index (χ4v) is 1.79. The average Bonchev–Trinajstić information content (AvgIpc) is 3.11. The van der Waals surface area contributed by atoms with Crippen LogP contribution in [0.1, 0.15) is 12.8 Å². The second kappa shape index (κ2) is 5.18. The first-order chi connectivity index (χ1) is 8.56. The smallest absolute Gasteiger partial charge is 0.276 e. The molecule has 1 aromatic rings. The van der Waals surface area contributed by atoms with E-state index in [1.807, 2.05) is 0 Å². The van der Waals surface area contributed by atoms with Gasteiger partial charge in [-0.1, -0.05) is 0 Å². The molecule has 0 saturated heterocycles. The van der Waals surface area contributed by atoms with Gasteiger partial charge in [-0.05, 0) is 19.9 Å². The molecular formula is C11H17N5O2. The van der Waals surface area contributed by atoms with Crippen LogP contribution >= 0.6 is 0 Å². The van der Waals surface area contributed by atoms with Gasteiger partial charge in [-0.15, -0.1) is 0 Å². The van der Waals surface area contributed by atoms with Crippen molar-refractivity contribution in [3.63, 3.8) is 0 Å². The summed E-state index contributed by atoms with van der Waals surface area (Å²) in [6, 6.07) is 3.35. The van der Waals surface area contributed by atoms with Gasteiger partial charge in [0, 0.05) is 19.1 Å². The van der Waals surface area contributed by atoms with Crippen molar-refractivity contribution in [1.82, 2.24) is 9.88 Å². The second-order valence-electron chi connectivity index (χ2n) is 4.53. The van der Waals surface area contributed by atoms with Gasteiger partial charge in [0.25, 0.3) is 5.69 Å². The molecule has 1 fully saturated rings. The molecule has 0 atom stereocenters. The number of rotatable bonds is 6. The van der Waals surface area contributed by atoms with Crippen LogP contribution in [0, 0.1) is 10.1 Å². The summed E-state index contributed by atoms with van der Waals surface area (Å²) in [4.78, 5) is 16.5.